The van der Waals surface area contributed by atoms with Gasteiger partial charge in [0.05, 0.1) is 5.55 Å². The molecule has 40 valence electrons. The van der Waals surface area contributed by atoms with E-state index in [-0.39, 0.29) is 4.20 Å². The fourth-order valence-corrected chi connectivity index (χ4v) is 0.917. The molecule has 4 heteroatoms. The summed E-state index contributed by atoms with van der Waals surface area (Å²) >= 11 is 5.74. The first-order valence-corrected chi connectivity index (χ1v) is 3.22. The van der Waals surface area contributed by atoms with Gasteiger partial charge in [-0.2, -0.15) is 5.10 Å². The number of hydrogen-bond donors (Lipinski definition) is 2. The van der Waals surface area contributed by atoms with Crippen molar-refractivity contribution in [1.82, 2.24) is 5.43 Å². The van der Waals surface area contributed by atoms with Crippen LogP contribution in [0.15, 0.2) is 5.10 Å². The van der Waals surface area contributed by atoms with Crippen molar-refractivity contribution >= 4 is 29.9 Å². The Morgan fingerprint density at radius 3 is 2.86 bits per heavy atom. The van der Waals surface area contributed by atoms with Crippen LogP contribution in [0.25, 0.3) is 0 Å². The Labute approximate surface area is 52.2 Å². The Morgan fingerprint density at radius 2 is 2.71 bits per heavy atom. The van der Waals surface area contributed by atoms with Crippen LogP contribution in [0.1, 0.15) is 6.92 Å². The van der Waals surface area contributed by atoms with E-state index in [0.717, 1.165) is 0 Å². The average molecular weight is 134 g/mol. The van der Waals surface area contributed by atoms with Gasteiger partial charge in [-0.25, -0.2) is 0 Å². The van der Waals surface area contributed by atoms with Crippen molar-refractivity contribution in [3.8, 4) is 0 Å². The Bertz CT molecular complexity index is 89.1. The van der Waals surface area contributed by atoms with Crippen molar-refractivity contribution in [2.45, 2.75) is 11.1 Å². The molecular weight excluding hydrogens is 128 g/mol. The molecule has 1 N–H and O–H groups in total. The largest absolute Gasteiger partial charge is 0.284 e. The molecule has 1 rings (SSSR count). The molecule has 0 spiro atoms. The van der Waals surface area contributed by atoms with Gasteiger partial charge in [-0.1, -0.05) is 11.8 Å². The third-order valence-corrected chi connectivity index (χ3v) is 1.78. The summed E-state index contributed by atoms with van der Waals surface area (Å²) in [5.41, 5.74) is 4.54. The third kappa shape index (κ3) is 1.28. The summed E-state index contributed by atoms with van der Waals surface area (Å²) in [6.07, 6.45) is 0. The summed E-state index contributed by atoms with van der Waals surface area (Å²) in [7, 11) is 0. The first-order valence-electron chi connectivity index (χ1n) is 1.90. The van der Waals surface area contributed by atoms with Crippen LogP contribution in [0.4, 0.5) is 0 Å². The summed E-state index contributed by atoms with van der Waals surface area (Å²) < 4.78 is -0.167. The number of rotatable bonds is 0. The minimum atomic E-state index is -0.167. The highest BCUT2D eigenvalue weighted by atomic mass is 32.2. The van der Waals surface area contributed by atoms with Crippen molar-refractivity contribution in [3.05, 3.63) is 0 Å². The zero-order valence-corrected chi connectivity index (χ0v) is 5.59. The number of nitrogens with zero attached hydrogens (tertiary/aromatic N) is 1. The fourth-order valence-electron chi connectivity index (χ4n) is 0.301. The minimum absolute atomic E-state index is 0.167. The lowest BCUT2D eigenvalue weighted by Gasteiger charge is -2.12. The maximum Gasteiger partial charge on any atom is 0.146 e. The normalized spacial score (nSPS) is 38.6. The Hall–Kier alpha value is 0.170. The molecule has 0 radical (unpaired) electrons. The van der Waals surface area contributed by atoms with Crippen LogP contribution >= 0.6 is 24.4 Å². The van der Waals surface area contributed by atoms with Gasteiger partial charge in [-0.05, 0) is 6.92 Å². The van der Waals surface area contributed by atoms with Crippen molar-refractivity contribution in [2.75, 3.05) is 0 Å². The first-order chi connectivity index (χ1) is 3.21. The third-order valence-electron chi connectivity index (χ3n) is 0.607. The van der Waals surface area contributed by atoms with Crippen molar-refractivity contribution in [1.29, 1.82) is 0 Å². The molecule has 1 atom stereocenters. The van der Waals surface area contributed by atoms with Crippen molar-refractivity contribution < 1.29 is 0 Å². The van der Waals surface area contributed by atoms with E-state index in [0.29, 0.717) is 0 Å². The molecule has 1 unspecified atom stereocenters. The van der Waals surface area contributed by atoms with E-state index in [1.807, 2.05) is 6.92 Å². The number of thiol groups is 1. The fraction of sp³-hybridized carbons (Fsp3) is 0.667. The van der Waals surface area contributed by atoms with Gasteiger partial charge in [-0.3, -0.25) is 5.43 Å². The van der Waals surface area contributed by atoms with Gasteiger partial charge in [-0.15, -0.1) is 12.6 Å². The highest BCUT2D eigenvalue weighted by molar-refractivity contribution is 8.20. The maximum absolute atomic E-state index is 4.18. The van der Waals surface area contributed by atoms with E-state index < -0.39 is 0 Å². The van der Waals surface area contributed by atoms with E-state index >= 15 is 0 Å². The quantitative estimate of drug-likeness (QED) is 0.480. The summed E-state index contributed by atoms with van der Waals surface area (Å²) in [6, 6.07) is 0. The van der Waals surface area contributed by atoms with Crippen LogP contribution in [-0.2, 0) is 0 Å². The van der Waals surface area contributed by atoms with Gasteiger partial charge in [0.25, 0.3) is 0 Å². The molecule has 0 bridgehead atoms. The van der Waals surface area contributed by atoms with E-state index in [2.05, 4.69) is 23.2 Å². The van der Waals surface area contributed by atoms with Crippen molar-refractivity contribution in [2.24, 2.45) is 5.10 Å². The second-order valence-electron chi connectivity index (χ2n) is 1.45. The molecule has 7 heavy (non-hydrogen) atoms. The zero-order valence-electron chi connectivity index (χ0n) is 3.88. The van der Waals surface area contributed by atoms with Crippen LogP contribution < -0.4 is 5.43 Å². The lowest BCUT2D eigenvalue weighted by molar-refractivity contribution is 0.714. The summed E-state index contributed by atoms with van der Waals surface area (Å²) in [5, 5.41) is 3.75. The van der Waals surface area contributed by atoms with Gasteiger partial charge < -0.3 is 0 Å². The van der Waals surface area contributed by atoms with Crippen LogP contribution in [0.5, 0.6) is 0 Å². The van der Waals surface area contributed by atoms with Crippen LogP contribution in [0.2, 0.25) is 0 Å². The highest BCUT2D eigenvalue weighted by Crippen LogP contribution is 2.26. The molecule has 2 nitrogen and oxygen atoms in total. The highest BCUT2D eigenvalue weighted by Gasteiger charge is 2.20. The Morgan fingerprint density at radius 1 is 2.00 bits per heavy atom. The molecule has 0 fully saturated rings. The molecule has 0 saturated carbocycles. The standard InChI is InChI=1S/C3H6N2S2/c1-3(6)5-4-2-7-3/h2,5-6H,1H3. The summed E-state index contributed by atoms with van der Waals surface area (Å²) in [4.78, 5) is 0. The number of hydrazone groups is 1. The molecule has 0 amide bonds. The molecule has 1 heterocycles. The van der Waals surface area contributed by atoms with Gasteiger partial charge in [0.2, 0.25) is 0 Å². The molecule has 0 aliphatic carbocycles. The topological polar surface area (TPSA) is 24.4 Å². The average Bonchev–Trinajstić information content (AvgIpc) is 1.84. The summed E-state index contributed by atoms with van der Waals surface area (Å²) in [5.74, 6) is 0. The summed E-state index contributed by atoms with van der Waals surface area (Å²) in [6.45, 7) is 1.95. The van der Waals surface area contributed by atoms with Crippen LogP contribution in [-0.4, -0.2) is 9.75 Å². The van der Waals surface area contributed by atoms with E-state index in [9.17, 15) is 0 Å². The number of hydrogen-bond acceptors (Lipinski definition) is 4. The first kappa shape index (κ1) is 5.31. The molecule has 0 aromatic rings. The predicted molar refractivity (Wildman–Crippen MR) is 36.6 cm³/mol. The zero-order chi connectivity index (χ0) is 5.33. The van der Waals surface area contributed by atoms with E-state index in [1.165, 1.54) is 0 Å². The Kier molecular flexibility index (Phi) is 1.21. The maximum atomic E-state index is 4.18. The molecule has 0 aromatic heterocycles. The second-order valence-corrected chi connectivity index (χ2v) is 3.91. The monoisotopic (exact) mass is 134 g/mol. The molecule has 1 aliphatic rings. The Balaban J connectivity index is 2.49. The van der Waals surface area contributed by atoms with Gasteiger partial charge >= 0.3 is 0 Å². The van der Waals surface area contributed by atoms with Crippen molar-refractivity contribution in [3.63, 3.8) is 0 Å². The molecule has 0 aromatic carbocycles. The molecular formula is C3H6N2S2. The predicted octanol–water partition coefficient (Wildman–Crippen LogP) is 0.870. The molecule has 0 saturated heterocycles. The molecule has 1 aliphatic heterocycles. The smallest absolute Gasteiger partial charge is 0.146 e. The lowest BCUT2D eigenvalue weighted by atomic mass is 10.8. The van der Waals surface area contributed by atoms with Gasteiger partial charge in [0.15, 0.2) is 0 Å². The number of nitrogens with one attached hydrogen (secondary N) is 1. The minimum Gasteiger partial charge on any atom is -0.284 e. The van der Waals surface area contributed by atoms with Gasteiger partial charge in [0, 0.05) is 0 Å². The van der Waals surface area contributed by atoms with Gasteiger partial charge in [0.1, 0.15) is 4.20 Å². The number of thioether (sulfide) groups is 1. The van der Waals surface area contributed by atoms with E-state index in [4.69, 9.17) is 0 Å². The second kappa shape index (κ2) is 1.59. The van der Waals surface area contributed by atoms with Crippen LogP contribution in [0, 0.1) is 0 Å². The SMILES string of the molecule is CC1(S)NN=CS1. The van der Waals surface area contributed by atoms with E-state index in [1.54, 1.807) is 17.3 Å². The lowest BCUT2D eigenvalue weighted by Crippen LogP contribution is -2.23. The van der Waals surface area contributed by atoms with Crippen LogP contribution in [0.3, 0.4) is 0 Å².